The van der Waals surface area contributed by atoms with Crippen molar-refractivity contribution in [3.05, 3.63) is 57.3 Å². The number of hydrogen-bond donors (Lipinski definition) is 1. The van der Waals surface area contributed by atoms with Crippen LogP contribution in [0.4, 0.5) is 5.69 Å². The molecule has 1 aromatic heterocycles. The number of aromatic nitrogens is 2. The summed E-state index contributed by atoms with van der Waals surface area (Å²) in [4.78, 5) is 48.7. The van der Waals surface area contributed by atoms with Crippen molar-refractivity contribution >= 4 is 17.5 Å². The maximum absolute atomic E-state index is 13.2. The van der Waals surface area contributed by atoms with Crippen molar-refractivity contribution in [2.75, 3.05) is 24.5 Å². The van der Waals surface area contributed by atoms with Gasteiger partial charge in [-0.3, -0.25) is 14.4 Å². The third-order valence-electron chi connectivity index (χ3n) is 6.85. The number of H-pyrrole nitrogens is 1. The van der Waals surface area contributed by atoms with Gasteiger partial charge in [-0.1, -0.05) is 0 Å². The van der Waals surface area contributed by atoms with E-state index in [-0.39, 0.29) is 22.8 Å². The van der Waals surface area contributed by atoms with E-state index in [4.69, 9.17) is 0 Å². The molecule has 1 aromatic carbocycles. The van der Waals surface area contributed by atoms with Crippen LogP contribution in [0.2, 0.25) is 0 Å². The first kappa shape index (κ1) is 19.0. The van der Waals surface area contributed by atoms with Gasteiger partial charge >= 0.3 is 0 Å². The van der Waals surface area contributed by atoms with E-state index in [2.05, 4.69) is 9.97 Å². The van der Waals surface area contributed by atoms with Crippen LogP contribution >= 0.6 is 0 Å². The molecule has 1 aliphatic carbocycles. The minimum Gasteiger partial charge on any atom is -0.338 e. The zero-order valence-corrected chi connectivity index (χ0v) is 17.2. The molecule has 7 heteroatoms. The Balaban J connectivity index is 1.38. The first-order valence-corrected chi connectivity index (χ1v) is 10.8. The lowest BCUT2D eigenvalue weighted by Crippen LogP contribution is -2.48. The number of anilines is 1. The molecule has 2 saturated heterocycles. The van der Waals surface area contributed by atoms with Gasteiger partial charge in [-0.15, -0.1) is 0 Å². The highest BCUT2D eigenvalue weighted by molar-refractivity contribution is 5.97. The van der Waals surface area contributed by atoms with Crippen LogP contribution in [-0.2, 0) is 16.6 Å². The first-order chi connectivity index (χ1) is 14.5. The molecule has 7 nitrogen and oxygen atoms in total. The number of benzene rings is 1. The normalized spacial score (nSPS) is 23.3. The number of nitrogens with zero attached hydrogens (tertiary/aromatic N) is 3. The Bertz CT molecular complexity index is 1070. The molecule has 1 atom stereocenters. The number of amides is 2. The number of aryl methyl sites for hydroxylation is 1. The van der Waals surface area contributed by atoms with Crippen LogP contribution in [0.3, 0.4) is 0 Å². The van der Waals surface area contributed by atoms with Crippen LogP contribution in [0, 0.1) is 6.92 Å². The second kappa shape index (κ2) is 7.07. The fourth-order valence-electron chi connectivity index (χ4n) is 5.35. The Morgan fingerprint density at radius 2 is 1.87 bits per heavy atom. The van der Waals surface area contributed by atoms with Crippen LogP contribution < -0.4 is 10.5 Å². The molecule has 2 amide bonds. The molecule has 156 valence electrons. The van der Waals surface area contributed by atoms with Gasteiger partial charge in [-0.25, -0.2) is 4.98 Å². The fraction of sp³-hybridized carbons (Fsp3) is 0.478. The number of aromatic amines is 1. The lowest BCUT2D eigenvalue weighted by Gasteiger charge is -2.40. The average Bonchev–Trinajstić information content (AvgIpc) is 3.32. The summed E-state index contributed by atoms with van der Waals surface area (Å²) in [6.45, 7) is 3.86. The summed E-state index contributed by atoms with van der Waals surface area (Å²) in [5, 5.41) is 0. The molecule has 0 saturated carbocycles. The number of nitrogens with one attached hydrogen (secondary N) is 1. The maximum atomic E-state index is 13.2. The summed E-state index contributed by atoms with van der Waals surface area (Å²) in [5.41, 5.74) is 2.91. The maximum Gasteiger partial charge on any atom is 0.254 e. The van der Waals surface area contributed by atoms with Crippen molar-refractivity contribution in [1.82, 2.24) is 14.9 Å². The molecule has 0 radical (unpaired) electrons. The van der Waals surface area contributed by atoms with E-state index in [1.165, 1.54) is 0 Å². The molecule has 1 N–H and O–H groups in total. The first-order valence-electron chi connectivity index (χ1n) is 10.8. The summed E-state index contributed by atoms with van der Waals surface area (Å²) in [6, 6.07) is 7.37. The largest absolute Gasteiger partial charge is 0.338 e. The third kappa shape index (κ3) is 3.04. The summed E-state index contributed by atoms with van der Waals surface area (Å²) in [6.07, 6.45) is 4.91. The fourth-order valence-corrected chi connectivity index (χ4v) is 5.35. The lowest BCUT2D eigenvalue weighted by atomic mass is 9.77. The van der Waals surface area contributed by atoms with Gasteiger partial charge in [-0.2, -0.15) is 0 Å². The van der Waals surface area contributed by atoms with Gasteiger partial charge in [0.2, 0.25) is 5.91 Å². The van der Waals surface area contributed by atoms with Crippen LogP contribution in [0.1, 0.15) is 59.5 Å². The van der Waals surface area contributed by atoms with Crippen molar-refractivity contribution in [3.8, 4) is 0 Å². The Kier molecular flexibility index (Phi) is 4.49. The van der Waals surface area contributed by atoms with Crippen molar-refractivity contribution in [2.45, 2.75) is 50.9 Å². The molecule has 2 fully saturated rings. The molecule has 3 heterocycles. The van der Waals surface area contributed by atoms with Crippen LogP contribution in [-0.4, -0.2) is 46.3 Å². The second-order valence-electron chi connectivity index (χ2n) is 8.78. The molecule has 1 spiro atoms. The zero-order valence-electron chi connectivity index (χ0n) is 17.2. The van der Waals surface area contributed by atoms with E-state index in [9.17, 15) is 14.4 Å². The standard InChI is InChI=1S/C23H26N4O3/c1-15-24-20-18(21(29)25-15)9-11-23(20)10-3-12-26(14-23)22(30)16-5-7-17(8-6-16)27-13-2-4-19(27)28/h5-8H,2-4,9-14H2,1H3,(H,24,25,29). The summed E-state index contributed by atoms with van der Waals surface area (Å²) in [5.74, 6) is 0.781. The van der Waals surface area contributed by atoms with Crippen molar-refractivity contribution in [1.29, 1.82) is 0 Å². The van der Waals surface area contributed by atoms with Crippen molar-refractivity contribution < 1.29 is 9.59 Å². The highest BCUT2D eigenvalue weighted by Crippen LogP contribution is 2.43. The molecule has 0 bridgehead atoms. The minimum atomic E-state index is -0.218. The number of carbonyl (C=O) groups excluding carboxylic acids is 2. The van der Waals surface area contributed by atoms with Crippen molar-refractivity contribution in [3.63, 3.8) is 0 Å². The highest BCUT2D eigenvalue weighted by Gasteiger charge is 2.45. The monoisotopic (exact) mass is 406 g/mol. The number of hydrogen-bond acceptors (Lipinski definition) is 4. The molecule has 3 aliphatic rings. The quantitative estimate of drug-likeness (QED) is 0.829. The van der Waals surface area contributed by atoms with Gasteiger partial charge in [0.25, 0.3) is 11.5 Å². The molecule has 5 rings (SSSR count). The highest BCUT2D eigenvalue weighted by atomic mass is 16.2. The number of piperidine rings is 1. The van der Waals surface area contributed by atoms with Gasteiger partial charge in [0.1, 0.15) is 5.82 Å². The Morgan fingerprint density at radius 1 is 1.07 bits per heavy atom. The van der Waals surface area contributed by atoms with Crippen LogP contribution in [0.15, 0.2) is 29.1 Å². The molecular formula is C23H26N4O3. The van der Waals surface area contributed by atoms with E-state index in [1.807, 2.05) is 36.1 Å². The van der Waals surface area contributed by atoms with Crippen LogP contribution in [0.25, 0.3) is 0 Å². The van der Waals surface area contributed by atoms with Crippen LogP contribution in [0.5, 0.6) is 0 Å². The predicted octanol–water partition coefficient (Wildman–Crippen LogP) is 2.33. The van der Waals surface area contributed by atoms with E-state index >= 15 is 0 Å². The average molecular weight is 406 g/mol. The Morgan fingerprint density at radius 3 is 2.60 bits per heavy atom. The number of rotatable bonds is 2. The van der Waals surface area contributed by atoms with Gasteiger partial charge < -0.3 is 14.8 Å². The van der Waals surface area contributed by atoms with E-state index < -0.39 is 0 Å². The summed E-state index contributed by atoms with van der Waals surface area (Å²) >= 11 is 0. The Labute approximate surface area is 175 Å². The third-order valence-corrected chi connectivity index (χ3v) is 6.85. The second-order valence-corrected chi connectivity index (χ2v) is 8.78. The molecule has 30 heavy (non-hydrogen) atoms. The van der Waals surface area contributed by atoms with Gasteiger partial charge in [0.05, 0.1) is 5.69 Å². The summed E-state index contributed by atoms with van der Waals surface area (Å²) < 4.78 is 0. The topological polar surface area (TPSA) is 86.4 Å². The molecule has 2 aliphatic heterocycles. The van der Waals surface area contributed by atoms with E-state index in [0.717, 1.165) is 55.6 Å². The minimum absolute atomic E-state index is 0.00314. The van der Waals surface area contributed by atoms with Gasteiger partial charge in [0.15, 0.2) is 0 Å². The SMILES string of the molecule is Cc1nc2c(c(=O)[nH]1)CCC21CCCN(C(=O)c2ccc(N3CCCC3=O)cc2)C1. The smallest absolute Gasteiger partial charge is 0.254 e. The Hall–Kier alpha value is -2.96. The number of carbonyl (C=O) groups is 2. The van der Waals surface area contributed by atoms with E-state index in [0.29, 0.717) is 30.9 Å². The van der Waals surface area contributed by atoms with E-state index in [1.54, 1.807) is 4.90 Å². The van der Waals surface area contributed by atoms with Crippen molar-refractivity contribution in [2.24, 2.45) is 0 Å². The summed E-state index contributed by atoms with van der Waals surface area (Å²) in [7, 11) is 0. The predicted molar refractivity (Wildman–Crippen MR) is 113 cm³/mol. The van der Waals surface area contributed by atoms with Gasteiger partial charge in [0, 0.05) is 48.3 Å². The molecular weight excluding hydrogens is 380 g/mol. The molecule has 1 unspecified atom stereocenters. The zero-order chi connectivity index (χ0) is 20.9. The van der Waals surface area contributed by atoms with Gasteiger partial charge in [-0.05, 0) is 63.3 Å². The number of likely N-dealkylation sites (tertiary alicyclic amines) is 1. The molecule has 2 aromatic rings. The number of fused-ring (bicyclic) bond motifs is 2. The lowest BCUT2D eigenvalue weighted by molar-refractivity contribution is -0.117.